The van der Waals surface area contributed by atoms with Crippen LogP contribution in [0, 0.1) is 11.3 Å². The van der Waals surface area contributed by atoms with Crippen LogP contribution in [0.3, 0.4) is 0 Å². The van der Waals surface area contributed by atoms with Crippen molar-refractivity contribution >= 4 is 15.9 Å². The highest BCUT2D eigenvalue weighted by Gasteiger charge is 2.54. The van der Waals surface area contributed by atoms with E-state index in [0.29, 0.717) is 19.3 Å². The molecule has 2 aliphatic rings. The Hall–Kier alpha value is -0.580. The second kappa shape index (κ2) is 4.22. The molecule has 4 nitrogen and oxygen atoms in total. The molecule has 5 heteroatoms. The van der Waals surface area contributed by atoms with Crippen molar-refractivity contribution < 1.29 is 13.2 Å². The predicted molar refractivity (Wildman–Crippen MR) is 70.4 cm³/mol. The number of rotatable bonds is 4. The molecule has 0 saturated heterocycles. The van der Waals surface area contributed by atoms with E-state index in [2.05, 4.69) is 4.72 Å². The van der Waals surface area contributed by atoms with Crippen LogP contribution < -0.4 is 4.72 Å². The third-order valence-electron chi connectivity index (χ3n) is 4.83. The standard InChI is InChI=1S/C13H23NO3S/c1-4-13(8-9-13)18(16,17)14-11(15)10-6-5-7-12(10,2)3/h10H,4-9H2,1-3H3,(H,14,15)/t10-/m1/s1. The molecule has 2 rings (SSSR count). The Balaban J connectivity index is 2.09. The fourth-order valence-electron chi connectivity index (χ4n) is 3.08. The molecule has 0 aromatic heterocycles. The van der Waals surface area contributed by atoms with Gasteiger partial charge in [-0.25, -0.2) is 8.42 Å². The third-order valence-corrected chi connectivity index (χ3v) is 7.14. The van der Waals surface area contributed by atoms with Crippen LogP contribution in [0.2, 0.25) is 0 Å². The zero-order valence-corrected chi connectivity index (χ0v) is 12.3. The van der Waals surface area contributed by atoms with E-state index in [1.54, 1.807) is 0 Å². The largest absolute Gasteiger partial charge is 0.274 e. The Bertz CT molecular complexity index is 449. The molecule has 2 saturated carbocycles. The van der Waals surface area contributed by atoms with Gasteiger partial charge in [0.2, 0.25) is 15.9 Å². The normalized spacial score (nSPS) is 28.9. The first-order chi connectivity index (χ1) is 8.24. The SMILES string of the molecule is CCC1(S(=O)(=O)NC(=O)[C@H]2CCCC2(C)C)CC1. The Morgan fingerprint density at radius 1 is 1.28 bits per heavy atom. The molecule has 0 bridgehead atoms. The van der Waals surface area contributed by atoms with Gasteiger partial charge >= 0.3 is 0 Å². The van der Waals surface area contributed by atoms with E-state index in [9.17, 15) is 13.2 Å². The number of nitrogens with one attached hydrogen (secondary N) is 1. The fraction of sp³-hybridized carbons (Fsp3) is 0.923. The van der Waals surface area contributed by atoms with Crippen LogP contribution in [-0.4, -0.2) is 19.1 Å². The molecule has 2 aliphatic carbocycles. The summed E-state index contributed by atoms with van der Waals surface area (Å²) >= 11 is 0. The summed E-state index contributed by atoms with van der Waals surface area (Å²) in [5.74, 6) is -0.461. The van der Waals surface area contributed by atoms with Crippen molar-refractivity contribution in [2.45, 2.75) is 64.0 Å². The Morgan fingerprint density at radius 2 is 1.89 bits per heavy atom. The van der Waals surface area contributed by atoms with Crippen molar-refractivity contribution in [1.82, 2.24) is 4.72 Å². The first-order valence-electron chi connectivity index (χ1n) is 6.80. The molecule has 0 unspecified atom stereocenters. The summed E-state index contributed by atoms with van der Waals surface area (Å²) in [6.07, 6.45) is 4.74. The zero-order chi connectivity index (χ0) is 13.6. The molecule has 0 radical (unpaired) electrons. The van der Waals surface area contributed by atoms with E-state index in [0.717, 1.165) is 19.3 Å². The average Bonchev–Trinajstić information content (AvgIpc) is 2.97. The fourth-order valence-corrected chi connectivity index (χ4v) is 4.72. The maximum absolute atomic E-state index is 12.2. The van der Waals surface area contributed by atoms with Gasteiger partial charge in [0.1, 0.15) is 0 Å². The van der Waals surface area contributed by atoms with E-state index >= 15 is 0 Å². The minimum absolute atomic E-state index is 0.0808. The minimum Gasteiger partial charge on any atom is -0.274 e. The molecule has 0 spiro atoms. The van der Waals surface area contributed by atoms with Gasteiger partial charge in [-0.15, -0.1) is 0 Å². The number of hydrogen-bond donors (Lipinski definition) is 1. The molecule has 0 aliphatic heterocycles. The lowest BCUT2D eigenvalue weighted by Crippen LogP contribution is -2.44. The van der Waals surface area contributed by atoms with E-state index in [4.69, 9.17) is 0 Å². The molecule has 1 amide bonds. The van der Waals surface area contributed by atoms with Gasteiger partial charge in [0.05, 0.1) is 4.75 Å². The summed E-state index contributed by atoms with van der Waals surface area (Å²) in [5.41, 5.74) is -0.0808. The summed E-state index contributed by atoms with van der Waals surface area (Å²) in [7, 11) is -3.49. The van der Waals surface area contributed by atoms with E-state index in [-0.39, 0.29) is 17.2 Å². The zero-order valence-electron chi connectivity index (χ0n) is 11.5. The summed E-state index contributed by atoms with van der Waals surface area (Å²) in [6.45, 7) is 5.96. The van der Waals surface area contributed by atoms with Gasteiger partial charge in [0.25, 0.3) is 0 Å². The topological polar surface area (TPSA) is 63.2 Å². The highest BCUT2D eigenvalue weighted by atomic mass is 32.2. The van der Waals surface area contributed by atoms with Gasteiger partial charge in [0.15, 0.2) is 0 Å². The van der Waals surface area contributed by atoms with E-state index < -0.39 is 14.8 Å². The van der Waals surface area contributed by atoms with Crippen LogP contribution in [0.5, 0.6) is 0 Å². The lowest BCUT2D eigenvalue weighted by atomic mass is 9.81. The van der Waals surface area contributed by atoms with Crippen LogP contribution in [-0.2, 0) is 14.8 Å². The van der Waals surface area contributed by atoms with Crippen molar-refractivity contribution in [2.75, 3.05) is 0 Å². The van der Waals surface area contributed by atoms with Crippen LogP contribution in [0.1, 0.15) is 59.3 Å². The van der Waals surface area contributed by atoms with Crippen LogP contribution in [0.4, 0.5) is 0 Å². The Labute approximate surface area is 110 Å². The van der Waals surface area contributed by atoms with Gasteiger partial charge in [-0.05, 0) is 37.5 Å². The molecule has 1 N–H and O–H groups in total. The summed E-state index contributed by atoms with van der Waals surface area (Å²) in [4.78, 5) is 12.2. The van der Waals surface area contributed by atoms with Crippen molar-refractivity contribution in [3.63, 3.8) is 0 Å². The maximum atomic E-state index is 12.2. The molecule has 1 atom stereocenters. The Kier molecular flexibility index (Phi) is 3.24. The maximum Gasteiger partial charge on any atom is 0.240 e. The number of hydrogen-bond acceptors (Lipinski definition) is 3. The highest BCUT2D eigenvalue weighted by molar-refractivity contribution is 7.91. The summed E-state index contributed by atoms with van der Waals surface area (Å²) in [5, 5.41) is 0. The second-order valence-electron chi connectivity index (χ2n) is 6.44. The first kappa shape index (κ1) is 13.8. The first-order valence-corrected chi connectivity index (χ1v) is 8.29. The molecule has 0 aromatic rings. The van der Waals surface area contributed by atoms with Crippen LogP contribution in [0.15, 0.2) is 0 Å². The molecule has 0 heterocycles. The molecule has 18 heavy (non-hydrogen) atoms. The molecular weight excluding hydrogens is 250 g/mol. The van der Waals surface area contributed by atoms with Crippen molar-refractivity contribution in [3.05, 3.63) is 0 Å². The Morgan fingerprint density at radius 3 is 2.28 bits per heavy atom. The van der Waals surface area contributed by atoms with Crippen LogP contribution >= 0.6 is 0 Å². The lowest BCUT2D eigenvalue weighted by Gasteiger charge is -2.26. The number of amides is 1. The van der Waals surface area contributed by atoms with E-state index in [1.807, 2.05) is 20.8 Å². The van der Waals surface area contributed by atoms with Crippen LogP contribution in [0.25, 0.3) is 0 Å². The quantitative estimate of drug-likeness (QED) is 0.854. The summed E-state index contributed by atoms with van der Waals surface area (Å²) in [6, 6.07) is 0. The van der Waals surface area contributed by atoms with Gasteiger partial charge in [-0.1, -0.05) is 27.2 Å². The molecule has 2 fully saturated rings. The summed E-state index contributed by atoms with van der Waals surface area (Å²) < 4.78 is 26.1. The molecular formula is C13H23NO3S. The van der Waals surface area contributed by atoms with Crippen molar-refractivity contribution in [2.24, 2.45) is 11.3 Å². The second-order valence-corrected chi connectivity index (χ2v) is 8.52. The number of carbonyl (C=O) groups is 1. The predicted octanol–water partition coefficient (Wildman–Crippen LogP) is 2.20. The van der Waals surface area contributed by atoms with Gasteiger partial charge < -0.3 is 0 Å². The molecule has 104 valence electrons. The number of sulfonamides is 1. The average molecular weight is 273 g/mol. The highest BCUT2D eigenvalue weighted by Crippen LogP contribution is 2.47. The minimum atomic E-state index is -3.49. The monoisotopic (exact) mass is 273 g/mol. The van der Waals surface area contributed by atoms with Crippen molar-refractivity contribution in [3.8, 4) is 0 Å². The van der Waals surface area contributed by atoms with Crippen molar-refractivity contribution in [1.29, 1.82) is 0 Å². The smallest absolute Gasteiger partial charge is 0.240 e. The number of carbonyl (C=O) groups excluding carboxylic acids is 1. The van der Waals surface area contributed by atoms with Gasteiger partial charge in [-0.2, -0.15) is 0 Å². The third kappa shape index (κ3) is 2.17. The molecule has 0 aromatic carbocycles. The van der Waals surface area contributed by atoms with Gasteiger partial charge in [-0.3, -0.25) is 9.52 Å². The van der Waals surface area contributed by atoms with E-state index in [1.165, 1.54) is 0 Å². The van der Waals surface area contributed by atoms with Gasteiger partial charge in [0, 0.05) is 5.92 Å². The lowest BCUT2D eigenvalue weighted by molar-refractivity contribution is -0.125.